The second-order valence-corrected chi connectivity index (χ2v) is 4.65. The zero-order valence-corrected chi connectivity index (χ0v) is 11.6. The fourth-order valence-electron chi connectivity index (χ4n) is 1.82. The molecule has 2 aromatic rings. The predicted octanol–water partition coefficient (Wildman–Crippen LogP) is 3.05. The van der Waals surface area contributed by atoms with Crippen LogP contribution in [0.2, 0.25) is 0 Å². The average molecular weight is 296 g/mol. The molecule has 2 rings (SSSR count). The zero-order chi connectivity index (χ0) is 15.5. The Morgan fingerprint density at radius 3 is 2.43 bits per heavy atom. The first-order valence-electron chi connectivity index (χ1n) is 6.42. The van der Waals surface area contributed by atoms with E-state index in [1.54, 1.807) is 25.4 Å². The van der Waals surface area contributed by atoms with Crippen molar-refractivity contribution in [3.05, 3.63) is 53.4 Å². The van der Waals surface area contributed by atoms with Gasteiger partial charge < -0.3 is 5.32 Å². The Labute approximate surface area is 120 Å². The van der Waals surface area contributed by atoms with Crippen molar-refractivity contribution >= 4 is 0 Å². The first kappa shape index (κ1) is 15.4. The summed E-state index contributed by atoms with van der Waals surface area (Å²) in [6, 6.07) is 4.05. The molecule has 0 aromatic carbocycles. The molecule has 0 saturated carbocycles. The van der Waals surface area contributed by atoms with E-state index >= 15 is 0 Å². The standard InChI is InChI=1S/C14H15F3N4/c1-9-11(4-5-12(21-9)14(15,16)17)8-20-10(2)13-18-6-3-7-19-13/h3-7,10,20H,8H2,1-2H3/t10-/m1/s1. The molecule has 0 saturated heterocycles. The lowest BCUT2D eigenvalue weighted by molar-refractivity contribution is -0.141. The number of nitrogens with one attached hydrogen (secondary N) is 1. The summed E-state index contributed by atoms with van der Waals surface area (Å²) in [4.78, 5) is 11.8. The molecule has 0 bridgehead atoms. The maximum atomic E-state index is 12.5. The van der Waals surface area contributed by atoms with Crippen LogP contribution in [-0.4, -0.2) is 15.0 Å². The van der Waals surface area contributed by atoms with E-state index in [1.807, 2.05) is 6.92 Å². The number of halogens is 3. The molecule has 0 fully saturated rings. The average Bonchev–Trinajstić information content (AvgIpc) is 2.45. The number of hydrogen-bond acceptors (Lipinski definition) is 4. The molecule has 4 nitrogen and oxygen atoms in total. The van der Waals surface area contributed by atoms with Gasteiger partial charge in [0.25, 0.3) is 0 Å². The Bertz CT molecular complexity index is 599. The van der Waals surface area contributed by atoms with E-state index in [2.05, 4.69) is 20.3 Å². The van der Waals surface area contributed by atoms with Gasteiger partial charge in [0.15, 0.2) is 0 Å². The van der Waals surface area contributed by atoms with Crippen LogP contribution in [0.3, 0.4) is 0 Å². The van der Waals surface area contributed by atoms with Crippen molar-refractivity contribution in [2.75, 3.05) is 0 Å². The van der Waals surface area contributed by atoms with E-state index in [0.29, 0.717) is 23.6 Å². The van der Waals surface area contributed by atoms with Crippen LogP contribution in [0.25, 0.3) is 0 Å². The molecule has 0 amide bonds. The Morgan fingerprint density at radius 1 is 1.19 bits per heavy atom. The van der Waals surface area contributed by atoms with E-state index in [1.165, 1.54) is 6.07 Å². The molecule has 0 aliphatic heterocycles. The number of aromatic nitrogens is 3. The first-order valence-corrected chi connectivity index (χ1v) is 6.42. The summed E-state index contributed by atoms with van der Waals surface area (Å²) in [5.74, 6) is 0.634. The van der Waals surface area contributed by atoms with Crippen molar-refractivity contribution < 1.29 is 13.2 Å². The molecule has 2 heterocycles. The summed E-state index contributed by atoms with van der Waals surface area (Å²) in [7, 11) is 0. The lowest BCUT2D eigenvalue weighted by atomic mass is 10.1. The summed E-state index contributed by atoms with van der Waals surface area (Å²) >= 11 is 0. The quantitative estimate of drug-likeness (QED) is 0.942. The normalized spacial score (nSPS) is 13.2. The highest BCUT2D eigenvalue weighted by atomic mass is 19.4. The third-order valence-electron chi connectivity index (χ3n) is 3.06. The van der Waals surface area contributed by atoms with Crippen molar-refractivity contribution in [2.45, 2.75) is 32.6 Å². The molecule has 0 aliphatic rings. The third-order valence-corrected chi connectivity index (χ3v) is 3.06. The van der Waals surface area contributed by atoms with Crippen LogP contribution in [-0.2, 0) is 12.7 Å². The van der Waals surface area contributed by atoms with Gasteiger partial charge in [-0.15, -0.1) is 0 Å². The second-order valence-electron chi connectivity index (χ2n) is 4.65. The molecule has 2 aromatic heterocycles. The fourth-order valence-corrected chi connectivity index (χ4v) is 1.82. The Morgan fingerprint density at radius 2 is 1.86 bits per heavy atom. The van der Waals surface area contributed by atoms with Crippen molar-refractivity contribution in [1.82, 2.24) is 20.3 Å². The van der Waals surface area contributed by atoms with Crippen LogP contribution in [0, 0.1) is 6.92 Å². The topological polar surface area (TPSA) is 50.7 Å². The monoisotopic (exact) mass is 296 g/mol. The molecular formula is C14H15F3N4. The highest BCUT2D eigenvalue weighted by Crippen LogP contribution is 2.28. The number of pyridine rings is 1. The SMILES string of the molecule is Cc1nc(C(F)(F)F)ccc1CN[C@H](C)c1ncccn1. The summed E-state index contributed by atoms with van der Waals surface area (Å²) in [5, 5.41) is 3.17. The molecule has 112 valence electrons. The highest BCUT2D eigenvalue weighted by Gasteiger charge is 2.32. The van der Waals surface area contributed by atoms with Crippen LogP contribution in [0.15, 0.2) is 30.6 Å². The largest absolute Gasteiger partial charge is 0.433 e. The van der Waals surface area contributed by atoms with Gasteiger partial charge in [-0.25, -0.2) is 15.0 Å². The first-order chi connectivity index (χ1) is 9.88. The number of aryl methyl sites for hydroxylation is 1. The van der Waals surface area contributed by atoms with Gasteiger partial charge in [0.2, 0.25) is 0 Å². The maximum absolute atomic E-state index is 12.5. The van der Waals surface area contributed by atoms with Crippen molar-refractivity contribution in [2.24, 2.45) is 0 Å². The Kier molecular flexibility index (Phi) is 4.52. The van der Waals surface area contributed by atoms with Gasteiger partial charge in [-0.1, -0.05) is 6.07 Å². The molecule has 0 aliphatic carbocycles. The second kappa shape index (κ2) is 6.17. The van der Waals surface area contributed by atoms with E-state index < -0.39 is 11.9 Å². The number of nitrogens with zero attached hydrogens (tertiary/aromatic N) is 3. The van der Waals surface area contributed by atoms with Gasteiger partial charge in [-0.05, 0) is 31.5 Å². The molecule has 0 radical (unpaired) electrons. The number of hydrogen-bond donors (Lipinski definition) is 1. The third kappa shape index (κ3) is 3.98. The Hall–Kier alpha value is -2.02. The lowest BCUT2D eigenvalue weighted by Crippen LogP contribution is -2.21. The van der Waals surface area contributed by atoms with Gasteiger partial charge >= 0.3 is 6.18 Å². The molecule has 1 N–H and O–H groups in total. The van der Waals surface area contributed by atoms with E-state index in [9.17, 15) is 13.2 Å². The zero-order valence-electron chi connectivity index (χ0n) is 11.6. The van der Waals surface area contributed by atoms with Crippen LogP contribution >= 0.6 is 0 Å². The van der Waals surface area contributed by atoms with Crippen LogP contribution in [0.5, 0.6) is 0 Å². The predicted molar refractivity (Wildman–Crippen MR) is 71.3 cm³/mol. The molecular weight excluding hydrogens is 281 g/mol. The molecule has 1 atom stereocenters. The summed E-state index contributed by atoms with van der Waals surface area (Å²) in [6.45, 7) is 3.86. The molecule has 0 spiro atoms. The van der Waals surface area contributed by atoms with Crippen molar-refractivity contribution in [1.29, 1.82) is 0 Å². The fraction of sp³-hybridized carbons (Fsp3) is 0.357. The molecule has 21 heavy (non-hydrogen) atoms. The summed E-state index contributed by atoms with van der Waals surface area (Å²) in [5.41, 5.74) is 0.201. The van der Waals surface area contributed by atoms with Gasteiger partial charge in [-0.3, -0.25) is 0 Å². The smallest absolute Gasteiger partial charge is 0.303 e. The number of rotatable bonds is 4. The minimum absolute atomic E-state index is 0.104. The minimum Gasteiger partial charge on any atom is -0.303 e. The Balaban J connectivity index is 2.04. The van der Waals surface area contributed by atoms with Crippen molar-refractivity contribution in [3.63, 3.8) is 0 Å². The van der Waals surface area contributed by atoms with Crippen LogP contribution < -0.4 is 5.32 Å². The van der Waals surface area contributed by atoms with Gasteiger partial charge in [0.05, 0.1) is 6.04 Å². The maximum Gasteiger partial charge on any atom is 0.433 e. The van der Waals surface area contributed by atoms with Gasteiger partial charge in [0, 0.05) is 24.6 Å². The van der Waals surface area contributed by atoms with E-state index in [-0.39, 0.29) is 6.04 Å². The van der Waals surface area contributed by atoms with Crippen LogP contribution in [0.1, 0.15) is 35.7 Å². The van der Waals surface area contributed by atoms with E-state index in [0.717, 1.165) is 6.07 Å². The van der Waals surface area contributed by atoms with E-state index in [4.69, 9.17) is 0 Å². The van der Waals surface area contributed by atoms with Gasteiger partial charge in [0.1, 0.15) is 11.5 Å². The molecule has 0 unspecified atom stereocenters. The molecule has 7 heteroatoms. The van der Waals surface area contributed by atoms with Crippen molar-refractivity contribution in [3.8, 4) is 0 Å². The highest BCUT2D eigenvalue weighted by molar-refractivity contribution is 5.23. The lowest BCUT2D eigenvalue weighted by Gasteiger charge is -2.14. The summed E-state index contributed by atoms with van der Waals surface area (Å²) in [6.07, 6.45) is -1.13. The minimum atomic E-state index is -4.41. The summed E-state index contributed by atoms with van der Waals surface area (Å²) < 4.78 is 37.6. The number of alkyl halides is 3. The van der Waals surface area contributed by atoms with Gasteiger partial charge in [-0.2, -0.15) is 13.2 Å². The van der Waals surface area contributed by atoms with Crippen LogP contribution in [0.4, 0.5) is 13.2 Å².